The number of amides is 1. The van der Waals surface area contributed by atoms with Gasteiger partial charge in [-0.3, -0.25) is 4.79 Å². The standard InChI is InChI=1S/C21H24N2O7S/c1-2-23-31(26,27)17-6-4-16(5-7-17)21(25)30-14-20(24)22-10-9-15-3-8-18-19(13-15)29-12-11-28-18/h3-8,13,23H,2,9-12,14H2,1H3,(H,22,24). The van der Waals surface area contributed by atoms with Gasteiger partial charge in [-0.25, -0.2) is 17.9 Å². The molecule has 1 aliphatic rings. The zero-order valence-corrected chi connectivity index (χ0v) is 17.9. The minimum Gasteiger partial charge on any atom is -0.486 e. The molecule has 0 unspecified atom stereocenters. The van der Waals surface area contributed by atoms with Crippen LogP contribution in [0.5, 0.6) is 11.5 Å². The topological polar surface area (TPSA) is 120 Å². The van der Waals surface area contributed by atoms with E-state index in [4.69, 9.17) is 14.2 Å². The Morgan fingerprint density at radius 2 is 1.74 bits per heavy atom. The molecule has 0 fully saturated rings. The first-order valence-corrected chi connectivity index (χ1v) is 11.3. The summed E-state index contributed by atoms with van der Waals surface area (Å²) in [5.41, 5.74) is 1.13. The number of ether oxygens (including phenoxy) is 3. The molecule has 0 bridgehead atoms. The predicted octanol–water partition coefficient (Wildman–Crippen LogP) is 1.27. The SMILES string of the molecule is CCNS(=O)(=O)c1ccc(C(=O)OCC(=O)NCCc2ccc3c(c2)OCCO3)cc1. The van der Waals surface area contributed by atoms with Crippen LogP contribution in [0.15, 0.2) is 47.4 Å². The summed E-state index contributed by atoms with van der Waals surface area (Å²) in [5, 5.41) is 2.69. The number of nitrogens with one attached hydrogen (secondary N) is 2. The molecule has 0 spiro atoms. The number of carbonyl (C=O) groups excluding carboxylic acids is 2. The Labute approximate surface area is 180 Å². The molecule has 1 aliphatic heterocycles. The zero-order valence-electron chi connectivity index (χ0n) is 17.1. The molecule has 0 aliphatic carbocycles. The van der Waals surface area contributed by atoms with Crippen molar-refractivity contribution in [2.24, 2.45) is 0 Å². The summed E-state index contributed by atoms with van der Waals surface area (Å²) in [6.07, 6.45) is 0.581. The number of benzene rings is 2. The van der Waals surface area contributed by atoms with Gasteiger partial charge in [0.15, 0.2) is 18.1 Å². The van der Waals surface area contributed by atoms with Crippen molar-refractivity contribution < 1.29 is 32.2 Å². The van der Waals surface area contributed by atoms with Crippen LogP contribution < -0.4 is 19.5 Å². The van der Waals surface area contributed by atoms with Crippen LogP contribution in [0.1, 0.15) is 22.8 Å². The van der Waals surface area contributed by atoms with Crippen molar-refractivity contribution in [3.8, 4) is 11.5 Å². The lowest BCUT2D eigenvalue weighted by Crippen LogP contribution is -2.30. The highest BCUT2D eigenvalue weighted by Gasteiger charge is 2.15. The molecular formula is C21H24N2O7S. The normalized spacial score (nSPS) is 12.8. The summed E-state index contributed by atoms with van der Waals surface area (Å²) >= 11 is 0. The molecular weight excluding hydrogens is 424 g/mol. The van der Waals surface area contributed by atoms with E-state index in [1.54, 1.807) is 6.92 Å². The molecule has 0 radical (unpaired) electrons. The number of hydrogen-bond acceptors (Lipinski definition) is 7. The van der Waals surface area contributed by atoms with E-state index in [-0.39, 0.29) is 17.0 Å². The van der Waals surface area contributed by atoms with Crippen molar-refractivity contribution in [2.75, 3.05) is 32.9 Å². The summed E-state index contributed by atoms with van der Waals surface area (Å²) in [5.74, 6) is 0.248. The average Bonchev–Trinajstić information content (AvgIpc) is 2.77. The Morgan fingerprint density at radius 1 is 1.03 bits per heavy atom. The number of rotatable bonds is 9. The largest absolute Gasteiger partial charge is 0.486 e. The fourth-order valence-corrected chi connectivity index (χ4v) is 3.94. The van der Waals surface area contributed by atoms with Crippen molar-refractivity contribution >= 4 is 21.9 Å². The number of esters is 1. The van der Waals surface area contributed by atoms with Gasteiger partial charge in [0.25, 0.3) is 5.91 Å². The summed E-state index contributed by atoms with van der Waals surface area (Å²) in [6.45, 7) is 2.90. The van der Waals surface area contributed by atoms with E-state index in [0.717, 1.165) is 5.56 Å². The maximum atomic E-state index is 12.1. The van der Waals surface area contributed by atoms with Crippen LogP contribution in [0.3, 0.4) is 0 Å². The predicted molar refractivity (Wildman–Crippen MR) is 112 cm³/mol. The second kappa shape index (κ2) is 10.3. The minimum absolute atomic E-state index is 0.0442. The molecule has 0 saturated heterocycles. The molecule has 0 atom stereocenters. The Balaban J connectivity index is 1.42. The Bertz CT molecular complexity index is 1040. The van der Waals surface area contributed by atoms with E-state index in [9.17, 15) is 18.0 Å². The van der Waals surface area contributed by atoms with E-state index in [2.05, 4.69) is 10.0 Å². The quantitative estimate of drug-likeness (QED) is 0.555. The van der Waals surface area contributed by atoms with Crippen molar-refractivity contribution in [3.63, 3.8) is 0 Å². The van der Waals surface area contributed by atoms with Gasteiger partial charge in [-0.05, 0) is 48.4 Å². The highest BCUT2D eigenvalue weighted by Crippen LogP contribution is 2.30. The number of hydrogen-bond donors (Lipinski definition) is 2. The van der Waals surface area contributed by atoms with Crippen LogP contribution in [0, 0.1) is 0 Å². The summed E-state index contributed by atoms with van der Waals surface area (Å²) < 4.78 is 42.2. The summed E-state index contributed by atoms with van der Waals surface area (Å²) in [7, 11) is -3.60. The van der Waals surface area contributed by atoms with Crippen molar-refractivity contribution in [1.82, 2.24) is 10.0 Å². The van der Waals surface area contributed by atoms with Crippen LogP contribution in [-0.4, -0.2) is 53.2 Å². The van der Waals surface area contributed by atoms with Gasteiger partial charge in [0, 0.05) is 13.1 Å². The molecule has 2 aromatic rings. The van der Waals surface area contributed by atoms with Crippen LogP contribution in [0.2, 0.25) is 0 Å². The number of fused-ring (bicyclic) bond motifs is 1. The monoisotopic (exact) mass is 448 g/mol. The first-order valence-electron chi connectivity index (χ1n) is 9.81. The van der Waals surface area contributed by atoms with Gasteiger partial charge in [-0.2, -0.15) is 0 Å². The molecule has 166 valence electrons. The molecule has 10 heteroatoms. The maximum absolute atomic E-state index is 12.1. The summed E-state index contributed by atoms with van der Waals surface area (Å²) in [4.78, 5) is 24.1. The molecule has 1 heterocycles. The lowest BCUT2D eigenvalue weighted by Gasteiger charge is -2.18. The van der Waals surface area contributed by atoms with Crippen molar-refractivity contribution in [2.45, 2.75) is 18.2 Å². The Kier molecular flexibility index (Phi) is 7.48. The van der Waals surface area contributed by atoms with Gasteiger partial charge in [0.05, 0.1) is 10.5 Å². The lowest BCUT2D eigenvalue weighted by molar-refractivity contribution is -0.124. The Hall–Kier alpha value is -3.11. The molecule has 2 N–H and O–H groups in total. The lowest BCUT2D eigenvalue weighted by atomic mass is 10.1. The third kappa shape index (κ3) is 6.19. The third-order valence-electron chi connectivity index (χ3n) is 4.41. The second-order valence-corrected chi connectivity index (χ2v) is 8.45. The first kappa shape index (κ1) is 22.6. The minimum atomic E-state index is -3.60. The van der Waals surface area contributed by atoms with E-state index in [1.807, 2.05) is 18.2 Å². The van der Waals surface area contributed by atoms with Gasteiger partial charge >= 0.3 is 5.97 Å². The zero-order chi connectivity index (χ0) is 22.3. The molecule has 0 saturated carbocycles. The first-order chi connectivity index (χ1) is 14.9. The van der Waals surface area contributed by atoms with E-state index in [1.165, 1.54) is 24.3 Å². The van der Waals surface area contributed by atoms with Gasteiger partial charge in [0.2, 0.25) is 10.0 Å². The van der Waals surface area contributed by atoms with Crippen LogP contribution in [0.25, 0.3) is 0 Å². The second-order valence-electron chi connectivity index (χ2n) is 6.68. The van der Waals surface area contributed by atoms with E-state index in [0.29, 0.717) is 37.7 Å². The molecule has 0 aromatic heterocycles. The van der Waals surface area contributed by atoms with Crippen molar-refractivity contribution in [3.05, 3.63) is 53.6 Å². The van der Waals surface area contributed by atoms with Gasteiger partial charge in [-0.1, -0.05) is 13.0 Å². The number of carbonyl (C=O) groups is 2. The fraction of sp³-hybridized carbons (Fsp3) is 0.333. The molecule has 3 rings (SSSR count). The van der Waals surface area contributed by atoms with E-state index < -0.39 is 28.5 Å². The smallest absolute Gasteiger partial charge is 0.338 e. The van der Waals surface area contributed by atoms with Crippen molar-refractivity contribution in [1.29, 1.82) is 0 Å². The Morgan fingerprint density at radius 3 is 2.45 bits per heavy atom. The van der Waals surface area contributed by atoms with Gasteiger partial charge < -0.3 is 19.5 Å². The molecule has 2 aromatic carbocycles. The third-order valence-corrected chi connectivity index (χ3v) is 5.97. The average molecular weight is 448 g/mol. The number of sulfonamides is 1. The fourth-order valence-electron chi connectivity index (χ4n) is 2.90. The molecule has 9 nitrogen and oxygen atoms in total. The van der Waals surface area contributed by atoms with Crippen LogP contribution in [-0.2, 0) is 26.0 Å². The van der Waals surface area contributed by atoms with Crippen LogP contribution >= 0.6 is 0 Å². The summed E-state index contributed by atoms with van der Waals surface area (Å²) in [6, 6.07) is 10.9. The van der Waals surface area contributed by atoms with E-state index >= 15 is 0 Å². The van der Waals surface area contributed by atoms with Gasteiger partial charge in [-0.15, -0.1) is 0 Å². The highest BCUT2D eigenvalue weighted by molar-refractivity contribution is 7.89. The molecule has 1 amide bonds. The maximum Gasteiger partial charge on any atom is 0.338 e. The highest BCUT2D eigenvalue weighted by atomic mass is 32.2. The van der Waals surface area contributed by atoms with Crippen LogP contribution in [0.4, 0.5) is 0 Å². The van der Waals surface area contributed by atoms with Gasteiger partial charge in [0.1, 0.15) is 13.2 Å². The molecule has 31 heavy (non-hydrogen) atoms.